The Balaban J connectivity index is 2.08. The molecule has 1 aliphatic rings. The van der Waals surface area contributed by atoms with Crippen molar-refractivity contribution < 1.29 is 9.15 Å². The molecule has 1 aromatic heterocycles. The second-order valence-electron chi connectivity index (χ2n) is 3.61. The summed E-state index contributed by atoms with van der Waals surface area (Å²) in [6.07, 6.45) is 0. The monoisotopic (exact) mass is 181 g/mol. The zero-order chi connectivity index (χ0) is 9.26. The van der Waals surface area contributed by atoms with E-state index in [0.29, 0.717) is 12.6 Å². The van der Waals surface area contributed by atoms with E-state index >= 15 is 0 Å². The van der Waals surface area contributed by atoms with Crippen LogP contribution in [0.1, 0.15) is 24.5 Å². The predicted octanol–water partition coefficient (Wildman–Crippen LogP) is 1.64. The number of furan rings is 1. The van der Waals surface area contributed by atoms with Gasteiger partial charge in [-0.15, -0.1) is 0 Å². The van der Waals surface area contributed by atoms with Gasteiger partial charge in [0.25, 0.3) is 0 Å². The van der Waals surface area contributed by atoms with Crippen LogP contribution in [0.3, 0.4) is 0 Å². The van der Waals surface area contributed by atoms with Crippen molar-refractivity contribution >= 4 is 0 Å². The molecule has 3 nitrogen and oxygen atoms in total. The van der Waals surface area contributed by atoms with E-state index in [1.165, 1.54) is 0 Å². The molecule has 0 amide bonds. The summed E-state index contributed by atoms with van der Waals surface area (Å²) in [6, 6.07) is 4.62. The molecule has 1 aliphatic heterocycles. The van der Waals surface area contributed by atoms with Gasteiger partial charge in [-0.25, -0.2) is 0 Å². The summed E-state index contributed by atoms with van der Waals surface area (Å²) < 4.78 is 11.0. The number of morpholine rings is 1. The van der Waals surface area contributed by atoms with Crippen molar-refractivity contribution in [3.05, 3.63) is 23.7 Å². The summed E-state index contributed by atoms with van der Waals surface area (Å²) in [5.41, 5.74) is 0. The van der Waals surface area contributed by atoms with Crippen LogP contribution in [0.4, 0.5) is 0 Å². The first-order chi connectivity index (χ1) is 6.25. The fourth-order valence-electron chi connectivity index (χ4n) is 1.61. The Kier molecular flexibility index (Phi) is 2.38. The van der Waals surface area contributed by atoms with E-state index in [9.17, 15) is 0 Å². The zero-order valence-corrected chi connectivity index (χ0v) is 8.04. The third kappa shape index (κ3) is 1.92. The molecule has 0 aromatic carbocycles. The van der Waals surface area contributed by atoms with Gasteiger partial charge in [-0.2, -0.15) is 0 Å². The largest absolute Gasteiger partial charge is 0.465 e. The number of hydrogen-bond donors (Lipinski definition) is 1. The number of ether oxygens (including phenoxy) is 1. The van der Waals surface area contributed by atoms with Crippen LogP contribution in [0.5, 0.6) is 0 Å². The highest BCUT2D eigenvalue weighted by atomic mass is 16.5. The van der Waals surface area contributed by atoms with Gasteiger partial charge < -0.3 is 14.5 Å². The molecular weight excluding hydrogens is 166 g/mol. The molecule has 2 atom stereocenters. The fraction of sp³-hybridized carbons (Fsp3) is 0.600. The minimum Gasteiger partial charge on any atom is -0.465 e. The van der Waals surface area contributed by atoms with Gasteiger partial charge in [0.15, 0.2) is 0 Å². The van der Waals surface area contributed by atoms with Crippen LogP contribution in [-0.2, 0) is 4.74 Å². The summed E-state index contributed by atoms with van der Waals surface area (Å²) in [7, 11) is 0. The molecule has 3 heteroatoms. The molecular formula is C10H15NO2. The fourth-order valence-corrected chi connectivity index (χ4v) is 1.61. The van der Waals surface area contributed by atoms with E-state index in [-0.39, 0.29) is 6.04 Å². The van der Waals surface area contributed by atoms with E-state index in [0.717, 1.165) is 18.1 Å². The van der Waals surface area contributed by atoms with Crippen molar-refractivity contribution in [2.75, 3.05) is 13.2 Å². The first-order valence-electron chi connectivity index (χ1n) is 4.66. The average molecular weight is 181 g/mol. The highest BCUT2D eigenvalue weighted by molar-refractivity contribution is 5.10. The van der Waals surface area contributed by atoms with Crippen LogP contribution in [0.15, 0.2) is 16.5 Å². The molecule has 13 heavy (non-hydrogen) atoms. The van der Waals surface area contributed by atoms with Crippen molar-refractivity contribution in [2.24, 2.45) is 0 Å². The lowest BCUT2D eigenvalue weighted by molar-refractivity contribution is 0.0438. The van der Waals surface area contributed by atoms with Crippen LogP contribution < -0.4 is 5.32 Å². The molecule has 2 rings (SSSR count). The molecule has 0 spiro atoms. The average Bonchev–Trinajstić information content (AvgIpc) is 2.52. The number of hydrogen-bond acceptors (Lipinski definition) is 3. The maximum Gasteiger partial charge on any atom is 0.123 e. The summed E-state index contributed by atoms with van der Waals surface area (Å²) in [5, 5.41) is 3.43. The Hall–Kier alpha value is -0.800. The van der Waals surface area contributed by atoms with Gasteiger partial charge in [-0.3, -0.25) is 0 Å². The smallest absolute Gasteiger partial charge is 0.123 e. The Morgan fingerprint density at radius 3 is 2.85 bits per heavy atom. The van der Waals surface area contributed by atoms with Crippen molar-refractivity contribution in [1.29, 1.82) is 0 Å². The summed E-state index contributed by atoms with van der Waals surface area (Å²) in [6.45, 7) is 5.56. The second-order valence-corrected chi connectivity index (χ2v) is 3.61. The Bertz CT molecular complexity index is 282. The van der Waals surface area contributed by atoms with Gasteiger partial charge in [-0.1, -0.05) is 0 Å². The van der Waals surface area contributed by atoms with Crippen molar-refractivity contribution in [3.63, 3.8) is 0 Å². The Morgan fingerprint density at radius 2 is 2.23 bits per heavy atom. The minimum atomic E-state index is 0.220. The third-order valence-electron chi connectivity index (χ3n) is 2.24. The van der Waals surface area contributed by atoms with Crippen LogP contribution in [-0.4, -0.2) is 19.3 Å². The Labute approximate surface area is 78.1 Å². The lowest BCUT2D eigenvalue weighted by atomic mass is 10.2. The predicted molar refractivity (Wildman–Crippen MR) is 49.6 cm³/mol. The molecule has 2 heterocycles. The number of aryl methyl sites for hydroxylation is 1. The first kappa shape index (κ1) is 8.78. The van der Waals surface area contributed by atoms with Crippen LogP contribution in [0.2, 0.25) is 0 Å². The van der Waals surface area contributed by atoms with Crippen LogP contribution in [0, 0.1) is 6.92 Å². The van der Waals surface area contributed by atoms with Gasteiger partial charge in [0.05, 0.1) is 19.3 Å². The highest BCUT2D eigenvalue weighted by Crippen LogP contribution is 2.19. The van der Waals surface area contributed by atoms with E-state index in [1.807, 2.05) is 19.1 Å². The lowest BCUT2D eigenvalue weighted by Gasteiger charge is -2.27. The van der Waals surface area contributed by atoms with Crippen molar-refractivity contribution in [1.82, 2.24) is 5.32 Å². The first-order valence-corrected chi connectivity index (χ1v) is 4.66. The molecule has 2 unspecified atom stereocenters. The van der Waals surface area contributed by atoms with Gasteiger partial charge in [-0.05, 0) is 26.0 Å². The topological polar surface area (TPSA) is 34.4 Å². The molecule has 0 saturated carbocycles. The molecule has 1 fully saturated rings. The van der Waals surface area contributed by atoms with Crippen molar-refractivity contribution in [3.8, 4) is 0 Å². The van der Waals surface area contributed by atoms with Gasteiger partial charge in [0.1, 0.15) is 11.5 Å². The number of nitrogens with one attached hydrogen (secondary N) is 1. The molecule has 0 radical (unpaired) electrons. The zero-order valence-electron chi connectivity index (χ0n) is 8.04. The lowest BCUT2D eigenvalue weighted by Crippen LogP contribution is -2.41. The third-order valence-corrected chi connectivity index (χ3v) is 2.24. The molecule has 1 aromatic rings. The molecule has 72 valence electrons. The highest BCUT2D eigenvalue weighted by Gasteiger charge is 2.21. The van der Waals surface area contributed by atoms with Crippen molar-refractivity contribution in [2.45, 2.75) is 25.9 Å². The maximum absolute atomic E-state index is 5.53. The summed E-state index contributed by atoms with van der Waals surface area (Å²) in [4.78, 5) is 0. The summed E-state index contributed by atoms with van der Waals surface area (Å²) >= 11 is 0. The molecule has 1 N–H and O–H groups in total. The van der Waals surface area contributed by atoms with E-state index in [2.05, 4.69) is 12.2 Å². The van der Waals surface area contributed by atoms with Gasteiger partial charge >= 0.3 is 0 Å². The quantitative estimate of drug-likeness (QED) is 0.715. The van der Waals surface area contributed by atoms with Crippen LogP contribution in [0.25, 0.3) is 0 Å². The van der Waals surface area contributed by atoms with Gasteiger partial charge in [0, 0.05) is 6.04 Å². The standard InChI is InChI=1S/C10H15NO2/c1-7-5-12-6-9(11-7)10-4-3-8(2)13-10/h3-4,7,9,11H,5-6H2,1-2H3. The van der Waals surface area contributed by atoms with Crippen LogP contribution >= 0.6 is 0 Å². The SMILES string of the molecule is Cc1ccc(C2COCC(C)N2)o1. The van der Waals surface area contributed by atoms with Gasteiger partial charge in [0.2, 0.25) is 0 Å². The summed E-state index contributed by atoms with van der Waals surface area (Å²) in [5.74, 6) is 1.93. The maximum atomic E-state index is 5.53. The molecule has 0 bridgehead atoms. The second kappa shape index (κ2) is 3.52. The molecule has 1 saturated heterocycles. The normalized spacial score (nSPS) is 29.1. The van der Waals surface area contributed by atoms with E-state index in [4.69, 9.17) is 9.15 Å². The minimum absolute atomic E-state index is 0.220. The molecule has 0 aliphatic carbocycles. The Morgan fingerprint density at radius 1 is 1.38 bits per heavy atom. The van der Waals surface area contributed by atoms with E-state index < -0.39 is 0 Å². The number of rotatable bonds is 1. The van der Waals surface area contributed by atoms with E-state index in [1.54, 1.807) is 0 Å².